The fourth-order valence-electron chi connectivity index (χ4n) is 3.12. The molecule has 3 rings (SSSR count). The summed E-state index contributed by atoms with van der Waals surface area (Å²) in [5.74, 6) is 1.16. The Morgan fingerprint density at radius 3 is 2.67 bits per heavy atom. The van der Waals surface area contributed by atoms with Crippen LogP contribution in [0.4, 0.5) is 0 Å². The minimum absolute atomic E-state index is 0.154. The Morgan fingerprint density at radius 2 is 2.06 bits per heavy atom. The highest BCUT2D eigenvalue weighted by Gasteiger charge is 2.41. The predicted octanol–water partition coefficient (Wildman–Crippen LogP) is -0.707. The van der Waals surface area contributed by atoms with Crippen LogP contribution in [0.3, 0.4) is 0 Å². The average Bonchev–Trinajstić information content (AvgIpc) is 3.00. The van der Waals surface area contributed by atoms with Gasteiger partial charge in [0.1, 0.15) is 6.33 Å². The normalized spacial score (nSPS) is 30.7. The monoisotopic (exact) mass is 251 g/mol. The minimum atomic E-state index is -0.154. The molecule has 2 fully saturated rings. The maximum atomic E-state index is 12.0. The summed E-state index contributed by atoms with van der Waals surface area (Å²) in [4.78, 5) is 14.0. The van der Waals surface area contributed by atoms with E-state index in [1.165, 1.54) is 6.33 Å². The lowest BCUT2D eigenvalue weighted by atomic mass is 10.0. The van der Waals surface area contributed by atoms with Gasteiger partial charge in [0.15, 0.2) is 0 Å². The molecule has 1 amide bonds. The molecule has 1 unspecified atom stereocenters. The van der Waals surface area contributed by atoms with Crippen molar-refractivity contribution in [3.05, 3.63) is 6.33 Å². The third kappa shape index (κ3) is 2.22. The first kappa shape index (κ1) is 11.6. The second-order valence-electron chi connectivity index (χ2n) is 5.27. The van der Waals surface area contributed by atoms with Gasteiger partial charge >= 0.3 is 0 Å². The Kier molecular flexibility index (Phi) is 2.99. The van der Waals surface area contributed by atoms with Crippen molar-refractivity contribution in [2.45, 2.75) is 31.9 Å². The molecule has 1 saturated carbocycles. The summed E-state index contributed by atoms with van der Waals surface area (Å²) >= 11 is 0. The van der Waals surface area contributed by atoms with Crippen LogP contribution in [-0.4, -0.2) is 55.3 Å². The number of amides is 1. The van der Waals surface area contributed by atoms with Crippen molar-refractivity contribution in [3.63, 3.8) is 0 Å². The molecule has 7 nitrogen and oxygen atoms in total. The van der Waals surface area contributed by atoms with E-state index in [0.717, 1.165) is 25.9 Å². The number of carbonyl (C=O) groups excluding carboxylic acids is 1. The zero-order valence-corrected chi connectivity index (χ0v) is 10.1. The zero-order valence-electron chi connectivity index (χ0n) is 10.1. The van der Waals surface area contributed by atoms with E-state index in [4.69, 9.17) is 0 Å². The van der Waals surface area contributed by atoms with E-state index in [9.17, 15) is 9.90 Å². The van der Waals surface area contributed by atoms with Gasteiger partial charge in [-0.2, -0.15) is 0 Å². The van der Waals surface area contributed by atoms with Crippen molar-refractivity contribution in [3.8, 4) is 0 Å². The first-order chi connectivity index (χ1) is 8.72. The smallest absolute Gasteiger partial charge is 0.224 e. The van der Waals surface area contributed by atoms with Crippen molar-refractivity contribution < 1.29 is 9.90 Å². The molecule has 3 atom stereocenters. The highest BCUT2D eigenvalue weighted by molar-refractivity contribution is 5.76. The molecule has 0 radical (unpaired) electrons. The van der Waals surface area contributed by atoms with Gasteiger partial charge in [0, 0.05) is 19.5 Å². The van der Waals surface area contributed by atoms with E-state index < -0.39 is 0 Å². The van der Waals surface area contributed by atoms with E-state index in [1.54, 1.807) is 4.68 Å². The lowest BCUT2D eigenvalue weighted by molar-refractivity contribution is -0.130. The quantitative estimate of drug-likeness (QED) is 0.767. The Balaban J connectivity index is 1.49. The number of aromatic nitrogens is 4. The summed E-state index contributed by atoms with van der Waals surface area (Å²) in [6.45, 7) is 2.13. The first-order valence-electron chi connectivity index (χ1n) is 6.39. The zero-order chi connectivity index (χ0) is 12.5. The van der Waals surface area contributed by atoms with Gasteiger partial charge in [0.25, 0.3) is 0 Å². The van der Waals surface area contributed by atoms with Crippen LogP contribution in [0.5, 0.6) is 0 Å². The molecule has 7 heteroatoms. The van der Waals surface area contributed by atoms with Gasteiger partial charge in [0.05, 0.1) is 12.6 Å². The number of aliphatic hydroxyl groups excluding tert-OH is 1. The SMILES string of the molecule is O=C(CCn1cnnn1)N1C[C@H]2CC(O)C[C@H]2C1. The fraction of sp³-hybridized carbons (Fsp3) is 0.818. The lowest BCUT2D eigenvalue weighted by Gasteiger charge is -2.17. The van der Waals surface area contributed by atoms with E-state index in [1.807, 2.05) is 4.90 Å². The third-order valence-corrected chi connectivity index (χ3v) is 4.03. The molecule has 98 valence electrons. The molecule has 2 heterocycles. The van der Waals surface area contributed by atoms with E-state index in [-0.39, 0.29) is 12.0 Å². The van der Waals surface area contributed by atoms with Crippen LogP contribution < -0.4 is 0 Å². The number of tetrazole rings is 1. The molecule has 1 aromatic rings. The number of fused-ring (bicyclic) bond motifs is 1. The van der Waals surface area contributed by atoms with Crippen LogP contribution in [0, 0.1) is 11.8 Å². The number of rotatable bonds is 3. The van der Waals surface area contributed by atoms with Crippen LogP contribution in [0.2, 0.25) is 0 Å². The van der Waals surface area contributed by atoms with Gasteiger partial charge in [-0.25, -0.2) is 4.68 Å². The number of carbonyl (C=O) groups is 1. The van der Waals surface area contributed by atoms with Crippen molar-refractivity contribution >= 4 is 5.91 Å². The molecular formula is C11H17N5O2. The molecule has 1 aromatic heterocycles. The topological polar surface area (TPSA) is 84.1 Å². The summed E-state index contributed by atoms with van der Waals surface area (Å²) in [5.41, 5.74) is 0. The van der Waals surface area contributed by atoms with Crippen molar-refractivity contribution in [1.29, 1.82) is 0 Å². The molecule has 0 spiro atoms. The van der Waals surface area contributed by atoms with E-state index >= 15 is 0 Å². The van der Waals surface area contributed by atoms with Gasteiger partial charge in [0.2, 0.25) is 5.91 Å². The van der Waals surface area contributed by atoms with E-state index in [0.29, 0.717) is 24.8 Å². The average molecular weight is 251 g/mol. The first-order valence-corrected chi connectivity index (χ1v) is 6.39. The van der Waals surface area contributed by atoms with Gasteiger partial charge < -0.3 is 10.0 Å². The maximum Gasteiger partial charge on any atom is 0.224 e. The number of aryl methyl sites for hydroxylation is 1. The Labute approximate surface area is 105 Å². The summed E-state index contributed by atoms with van der Waals surface area (Å²) in [5, 5.41) is 20.4. The summed E-state index contributed by atoms with van der Waals surface area (Å²) in [6.07, 6.45) is 3.50. The Morgan fingerprint density at radius 1 is 1.33 bits per heavy atom. The van der Waals surface area contributed by atoms with Crippen LogP contribution in [0.25, 0.3) is 0 Å². The van der Waals surface area contributed by atoms with Gasteiger partial charge in [-0.05, 0) is 35.1 Å². The van der Waals surface area contributed by atoms with Crippen LogP contribution in [0.15, 0.2) is 6.33 Å². The summed E-state index contributed by atoms with van der Waals surface area (Å²) in [6, 6.07) is 0. The standard InChI is InChI=1S/C11H17N5O2/c17-10-3-8-5-15(6-9(8)4-10)11(18)1-2-16-7-12-13-14-16/h7-10,17H,1-6H2/t8-,9+,10?. The number of nitrogens with zero attached hydrogens (tertiary/aromatic N) is 5. The predicted molar refractivity (Wildman–Crippen MR) is 61.2 cm³/mol. The largest absolute Gasteiger partial charge is 0.393 e. The van der Waals surface area contributed by atoms with Crippen molar-refractivity contribution in [1.82, 2.24) is 25.1 Å². The molecular weight excluding hydrogens is 234 g/mol. The van der Waals surface area contributed by atoms with Crippen molar-refractivity contribution in [2.24, 2.45) is 11.8 Å². The number of hydrogen-bond donors (Lipinski definition) is 1. The van der Waals surface area contributed by atoms with E-state index in [2.05, 4.69) is 15.5 Å². The lowest BCUT2D eigenvalue weighted by Crippen LogP contribution is -2.31. The fourth-order valence-corrected chi connectivity index (χ4v) is 3.12. The Bertz CT molecular complexity index is 407. The molecule has 2 aliphatic rings. The molecule has 1 N–H and O–H groups in total. The van der Waals surface area contributed by atoms with Crippen LogP contribution >= 0.6 is 0 Å². The molecule has 1 aliphatic carbocycles. The minimum Gasteiger partial charge on any atom is -0.393 e. The molecule has 1 aliphatic heterocycles. The van der Waals surface area contributed by atoms with Crippen molar-refractivity contribution in [2.75, 3.05) is 13.1 Å². The number of likely N-dealkylation sites (tertiary alicyclic amines) is 1. The van der Waals surface area contributed by atoms with Gasteiger partial charge in [-0.3, -0.25) is 4.79 Å². The van der Waals surface area contributed by atoms with Crippen LogP contribution in [-0.2, 0) is 11.3 Å². The summed E-state index contributed by atoms with van der Waals surface area (Å²) < 4.78 is 1.57. The number of hydrogen-bond acceptors (Lipinski definition) is 5. The molecule has 18 heavy (non-hydrogen) atoms. The Hall–Kier alpha value is -1.50. The highest BCUT2D eigenvalue weighted by Crippen LogP contribution is 2.38. The second-order valence-corrected chi connectivity index (χ2v) is 5.27. The highest BCUT2D eigenvalue weighted by atomic mass is 16.3. The molecule has 0 bridgehead atoms. The molecule has 0 aromatic carbocycles. The van der Waals surface area contributed by atoms with Gasteiger partial charge in [-0.1, -0.05) is 0 Å². The molecule has 1 saturated heterocycles. The maximum absolute atomic E-state index is 12.0. The van der Waals surface area contributed by atoms with Gasteiger partial charge in [-0.15, -0.1) is 5.10 Å². The van der Waals surface area contributed by atoms with Crippen LogP contribution in [0.1, 0.15) is 19.3 Å². The summed E-state index contributed by atoms with van der Waals surface area (Å²) in [7, 11) is 0. The second kappa shape index (κ2) is 4.64. The number of aliphatic hydroxyl groups is 1. The third-order valence-electron chi connectivity index (χ3n) is 4.03.